The van der Waals surface area contributed by atoms with Gasteiger partial charge in [-0.1, -0.05) is 19.4 Å². The summed E-state index contributed by atoms with van der Waals surface area (Å²) in [4.78, 5) is 24.6. The molecule has 5 nitrogen and oxygen atoms in total. The van der Waals surface area contributed by atoms with E-state index in [9.17, 15) is 4.79 Å². The van der Waals surface area contributed by atoms with E-state index in [0.29, 0.717) is 13.0 Å². The fraction of sp³-hybridized carbons (Fsp3) is 0.556. The van der Waals surface area contributed by atoms with Crippen molar-refractivity contribution in [3.05, 3.63) is 31.9 Å². The largest absolute Gasteiger partial charge is 0.362 e. The Morgan fingerprint density at radius 3 is 2.56 bits per heavy atom. The molecule has 1 aliphatic carbocycles. The van der Waals surface area contributed by atoms with Crippen LogP contribution in [0.5, 0.6) is 0 Å². The van der Waals surface area contributed by atoms with E-state index in [4.69, 9.17) is 10.5 Å². The van der Waals surface area contributed by atoms with Gasteiger partial charge in [0.25, 0.3) is 5.91 Å². The highest BCUT2D eigenvalue weighted by atomic mass is 32.2. The first kappa shape index (κ1) is 21.7. The van der Waals surface area contributed by atoms with Gasteiger partial charge in [-0.15, -0.1) is 23.1 Å². The Morgan fingerprint density at radius 1 is 1.44 bits per heavy atom. The van der Waals surface area contributed by atoms with Gasteiger partial charge in [-0.2, -0.15) is 0 Å². The second-order valence-electron chi connectivity index (χ2n) is 5.95. The van der Waals surface area contributed by atoms with Crippen molar-refractivity contribution in [1.29, 1.82) is 0 Å². The van der Waals surface area contributed by atoms with Gasteiger partial charge in [0.15, 0.2) is 0 Å². The number of nitrogens with one attached hydrogen (secondary N) is 2. The maximum atomic E-state index is 11.9. The number of allylic oxidation sites excluding steroid dienone is 1. The molecular formula is C18H29N3O2S2. The van der Waals surface area contributed by atoms with Crippen molar-refractivity contribution in [3.63, 3.8) is 0 Å². The Balaban J connectivity index is 0.000000705. The zero-order valence-electron chi connectivity index (χ0n) is 15.7. The molecule has 0 saturated carbocycles. The first-order valence-electron chi connectivity index (χ1n) is 8.38. The average molecular weight is 384 g/mol. The van der Waals surface area contributed by atoms with Crippen molar-refractivity contribution in [2.75, 3.05) is 26.4 Å². The Hall–Kier alpha value is -1.31. The quantitative estimate of drug-likeness (QED) is 0.683. The summed E-state index contributed by atoms with van der Waals surface area (Å²) in [5.74, 6) is 1.09. The molecule has 0 spiro atoms. The first-order chi connectivity index (χ1) is 11.9. The molecule has 1 unspecified atom stereocenters. The summed E-state index contributed by atoms with van der Waals surface area (Å²) in [6.07, 6.45) is 2.69. The van der Waals surface area contributed by atoms with Crippen molar-refractivity contribution < 1.29 is 9.59 Å². The third kappa shape index (κ3) is 4.86. The number of thiophene rings is 1. The number of amides is 2. The van der Waals surface area contributed by atoms with E-state index in [0.717, 1.165) is 23.5 Å². The molecular weight excluding hydrogens is 354 g/mol. The van der Waals surface area contributed by atoms with Crippen molar-refractivity contribution in [3.8, 4) is 0 Å². The summed E-state index contributed by atoms with van der Waals surface area (Å²) in [6.45, 7) is 7.18. The number of nitrogens with two attached hydrogens (primary N) is 1. The Labute approximate surface area is 158 Å². The van der Waals surface area contributed by atoms with Gasteiger partial charge in [0, 0.05) is 30.9 Å². The molecule has 2 amide bonds. The lowest BCUT2D eigenvalue weighted by Gasteiger charge is -2.30. The normalized spacial score (nSPS) is 19.3. The van der Waals surface area contributed by atoms with Crippen LogP contribution in [0.3, 0.4) is 0 Å². The van der Waals surface area contributed by atoms with Crippen LogP contribution < -0.4 is 16.4 Å². The lowest BCUT2D eigenvalue weighted by Crippen LogP contribution is -2.33. The molecule has 0 radical (unpaired) electrons. The van der Waals surface area contributed by atoms with Crippen LogP contribution >= 0.6 is 23.1 Å². The smallest absolute Gasteiger partial charge is 0.261 e. The maximum absolute atomic E-state index is 11.9. The summed E-state index contributed by atoms with van der Waals surface area (Å²) in [7, 11) is 3.24. The van der Waals surface area contributed by atoms with E-state index in [1.165, 1.54) is 20.9 Å². The molecule has 7 heteroatoms. The summed E-state index contributed by atoms with van der Waals surface area (Å²) in [5, 5.41) is 4.97. The summed E-state index contributed by atoms with van der Waals surface area (Å²) in [6, 6.07) is 2.05. The minimum atomic E-state index is -0.161. The van der Waals surface area contributed by atoms with Crippen LogP contribution in [0.15, 0.2) is 16.5 Å². The fourth-order valence-electron chi connectivity index (χ4n) is 2.86. The van der Waals surface area contributed by atoms with Gasteiger partial charge in [-0.3, -0.25) is 9.59 Å². The van der Waals surface area contributed by atoms with Crippen molar-refractivity contribution >= 4 is 35.4 Å². The molecule has 140 valence electrons. The highest BCUT2D eigenvalue weighted by molar-refractivity contribution is 8.03. The fourth-order valence-corrected chi connectivity index (χ4v) is 5.13. The second kappa shape index (κ2) is 9.99. The van der Waals surface area contributed by atoms with Crippen LogP contribution in [-0.4, -0.2) is 38.7 Å². The molecule has 0 bridgehead atoms. The van der Waals surface area contributed by atoms with E-state index < -0.39 is 0 Å². The Morgan fingerprint density at radius 2 is 2.08 bits per heavy atom. The average Bonchev–Trinajstić information content (AvgIpc) is 3.04. The number of fused-ring (bicyclic) bond motifs is 1. The van der Waals surface area contributed by atoms with Gasteiger partial charge in [0.05, 0.1) is 4.88 Å². The molecule has 25 heavy (non-hydrogen) atoms. The van der Waals surface area contributed by atoms with Gasteiger partial charge in [0.2, 0.25) is 6.41 Å². The number of rotatable bonds is 5. The maximum Gasteiger partial charge on any atom is 0.261 e. The summed E-state index contributed by atoms with van der Waals surface area (Å²) >= 11 is 3.55. The molecule has 1 atom stereocenters. The number of hydrogen-bond acceptors (Lipinski definition) is 5. The van der Waals surface area contributed by atoms with E-state index >= 15 is 0 Å². The van der Waals surface area contributed by atoms with E-state index in [2.05, 4.69) is 37.5 Å². The molecule has 1 aromatic rings. The van der Waals surface area contributed by atoms with E-state index in [1.807, 2.05) is 11.8 Å². The van der Waals surface area contributed by atoms with Gasteiger partial charge in [0.1, 0.15) is 0 Å². The predicted molar refractivity (Wildman–Crippen MR) is 108 cm³/mol. The van der Waals surface area contributed by atoms with Crippen LogP contribution in [0.2, 0.25) is 0 Å². The first-order valence-corrected chi connectivity index (χ1v) is 10.2. The Bertz CT molecular complexity index is 640. The molecule has 0 saturated heterocycles. The molecule has 1 heterocycles. The van der Waals surface area contributed by atoms with Crippen LogP contribution in [-0.2, 0) is 16.6 Å². The second-order valence-corrected chi connectivity index (χ2v) is 8.45. The van der Waals surface area contributed by atoms with Gasteiger partial charge in [-0.05, 0) is 42.1 Å². The van der Waals surface area contributed by atoms with Gasteiger partial charge < -0.3 is 16.4 Å². The minimum absolute atomic E-state index is 0.00256. The zero-order chi connectivity index (χ0) is 19.0. The lowest BCUT2D eigenvalue weighted by atomic mass is 9.77. The molecule has 0 fully saturated rings. The monoisotopic (exact) mass is 383 g/mol. The molecule has 0 aromatic carbocycles. The Kier molecular flexibility index (Phi) is 8.68. The van der Waals surface area contributed by atoms with E-state index in [1.54, 1.807) is 25.4 Å². The molecule has 1 aliphatic rings. The minimum Gasteiger partial charge on any atom is -0.362 e. The van der Waals surface area contributed by atoms with Gasteiger partial charge in [-0.25, -0.2) is 0 Å². The van der Waals surface area contributed by atoms with Gasteiger partial charge >= 0.3 is 0 Å². The number of thioether (sulfide) groups is 1. The highest BCUT2D eigenvalue weighted by Gasteiger charge is 2.35. The standard InChI is InChI=1S/C16H24N2OS2.C2H5NO/c1-5-20-12-6-7-13-11(16(3,9-17)10(12)2)8-14(21-13)15(19)18-4;1-3-2-4/h8H,5-7,9,17H2,1-4H3,(H,18,19);2H,1H3,(H,3,4). The van der Waals surface area contributed by atoms with Crippen molar-refractivity contribution in [2.24, 2.45) is 5.73 Å². The van der Waals surface area contributed by atoms with Crippen LogP contribution in [0, 0.1) is 0 Å². The number of carbonyl (C=O) groups excluding carboxylic acids is 2. The lowest BCUT2D eigenvalue weighted by molar-refractivity contribution is -0.109. The number of aryl methyl sites for hydroxylation is 1. The predicted octanol–water partition coefficient (Wildman–Crippen LogP) is 2.66. The molecule has 4 N–H and O–H groups in total. The molecule has 1 aromatic heterocycles. The van der Waals surface area contributed by atoms with Crippen molar-refractivity contribution in [2.45, 2.75) is 39.0 Å². The van der Waals surface area contributed by atoms with Crippen LogP contribution in [0.1, 0.15) is 47.3 Å². The summed E-state index contributed by atoms with van der Waals surface area (Å²) < 4.78 is 0. The van der Waals surface area contributed by atoms with Crippen LogP contribution in [0.4, 0.5) is 0 Å². The van der Waals surface area contributed by atoms with Crippen LogP contribution in [0.25, 0.3) is 0 Å². The van der Waals surface area contributed by atoms with E-state index in [-0.39, 0.29) is 11.3 Å². The summed E-state index contributed by atoms with van der Waals surface area (Å²) in [5.41, 5.74) is 8.61. The molecule has 0 aliphatic heterocycles. The third-order valence-corrected chi connectivity index (χ3v) is 6.87. The highest BCUT2D eigenvalue weighted by Crippen LogP contribution is 2.45. The number of carbonyl (C=O) groups is 2. The molecule has 2 rings (SSSR count). The van der Waals surface area contributed by atoms with Crippen molar-refractivity contribution in [1.82, 2.24) is 10.6 Å². The zero-order valence-corrected chi connectivity index (χ0v) is 17.3. The topological polar surface area (TPSA) is 84.2 Å². The SMILES string of the molecule is CCSC1=C(C)C(C)(CN)c2cc(C(=O)NC)sc2CC1.CNC=O. The number of hydrogen-bond donors (Lipinski definition) is 3. The third-order valence-electron chi connectivity index (χ3n) is 4.52.